The minimum Gasteiger partial charge on any atom is -0.491 e. The molecule has 1 aromatic heterocycles. The monoisotopic (exact) mass is 478 g/mol. The number of hydrogen-bond acceptors (Lipinski definition) is 6. The quantitative estimate of drug-likeness (QED) is 0.557. The molecule has 1 atom stereocenters. The van der Waals surface area contributed by atoms with Crippen molar-refractivity contribution in [2.45, 2.75) is 31.9 Å². The number of aryl methyl sites for hydroxylation is 1. The molecule has 2 amide bonds. The fraction of sp³-hybridized carbons (Fsp3) is 0.360. The lowest BCUT2D eigenvalue weighted by Crippen LogP contribution is -2.47. The fourth-order valence-corrected chi connectivity index (χ4v) is 4.05. The molecule has 0 spiro atoms. The maximum atomic E-state index is 13.4. The predicted octanol–water partition coefficient (Wildman–Crippen LogP) is 2.34. The van der Waals surface area contributed by atoms with E-state index in [1.165, 1.54) is 15.8 Å². The summed E-state index contributed by atoms with van der Waals surface area (Å²) in [6.07, 6.45) is 2.07. The summed E-state index contributed by atoms with van der Waals surface area (Å²) in [5.74, 6) is 0.303. The molecule has 2 aromatic carbocycles. The first-order chi connectivity index (χ1) is 16.9. The van der Waals surface area contributed by atoms with Crippen LogP contribution < -0.4 is 15.6 Å². The molecule has 1 aliphatic heterocycles. The summed E-state index contributed by atoms with van der Waals surface area (Å²) in [7, 11) is 0. The van der Waals surface area contributed by atoms with Crippen LogP contribution >= 0.6 is 0 Å². The van der Waals surface area contributed by atoms with Gasteiger partial charge in [0.15, 0.2) is 0 Å². The number of carbonyl (C=O) groups is 2. The average molecular weight is 479 g/mol. The Morgan fingerprint density at radius 1 is 1.23 bits per heavy atom. The van der Waals surface area contributed by atoms with E-state index < -0.39 is 12.2 Å². The zero-order chi connectivity index (χ0) is 24.5. The van der Waals surface area contributed by atoms with Crippen LogP contribution in [0.15, 0.2) is 47.5 Å². The summed E-state index contributed by atoms with van der Waals surface area (Å²) in [6, 6.07) is 10.6. The third-order valence-corrected chi connectivity index (χ3v) is 6.22. The minimum absolute atomic E-state index is 0.154. The Morgan fingerprint density at radius 2 is 2.06 bits per heavy atom. The van der Waals surface area contributed by atoms with Crippen LogP contribution in [0.4, 0.5) is 4.79 Å². The lowest BCUT2D eigenvalue weighted by atomic mass is 10.1. The Morgan fingerprint density at radius 3 is 2.83 bits per heavy atom. The molecular weight excluding hydrogens is 452 g/mol. The molecule has 10 heteroatoms. The lowest BCUT2D eigenvalue weighted by Gasteiger charge is -2.30. The number of rotatable bonds is 6. The van der Waals surface area contributed by atoms with E-state index in [1.54, 1.807) is 30.3 Å². The number of morpholine rings is 1. The van der Waals surface area contributed by atoms with Gasteiger partial charge in [0.2, 0.25) is 0 Å². The van der Waals surface area contributed by atoms with Gasteiger partial charge in [0.25, 0.3) is 11.5 Å². The van der Waals surface area contributed by atoms with Gasteiger partial charge in [-0.25, -0.2) is 9.78 Å². The number of fused-ring (bicyclic) bond motifs is 1. The van der Waals surface area contributed by atoms with Crippen LogP contribution in [-0.4, -0.2) is 70.0 Å². The zero-order valence-corrected chi connectivity index (χ0v) is 19.3. The first-order valence-corrected chi connectivity index (χ1v) is 11.5. The largest absolute Gasteiger partial charge is 0.491 e. The van der Waals surface area contributed by atoms with Gasteiger partial charge in [0.05, 0.1) is 29.7 Å². The van der Waals surface area contributed by atoms with Gasteiger partial charge in [0.1, 0.15) is 24.8 Å². The van der Waals surface area contributed by atoms with Gasteiger partial charge in [-0.2, -0.15) is 0 Å². The molecule has 1 saturated heterocycles. The molecule has 182 valence electrons. The molecule has 2 N–H and O–H groups in total. The van der Waals surface area contributed by atoms with Crippen LogP contribution in [-0.2, 0) is 4.74 Å². The normalized spacial score (nSPS) is 17.9. The van der Waals surface area contributed by atoms with Crippen molar-refractivity contribution in [3.63, 3.8) is 0 Å². The Hall–Kier alpha value is -3.92. The highest BCUT2D eigenvalue weighted by atomic mass is 16.5. The summed E-state index contributed by atoms with van der Waals surface area (Å²) in [5.41, 5.74) is 2.15. The van der Waals surface area contributed by atoms with E-state index in [2.05, 4.69) is 10.3 Å². The molecule has 35 heavy (non-hydrogen) atoms. The van der Waals surface area contributed by atoms with Crippen molar-refractivity contribution in [1.29, 1.82) is 0 Å². The third kappa shape index (κ3) is 4.97. The van der Waals surface area contributed by atoms with E-state index in [1.807, 2.05) is 13.0 Å². The summed E-state index contributed by atoms with van der Waals surface area (Å²) >= 11 is 0. The molecule has 2 heterocycles. The number of aromatic nitrogens is 2. The Bertz CT molecular complexity index is 1350. The highest BCUT2D eigenvalue weighted by Gasteiger charge is 2.25. The van der Waals surface area contributed by atoms with Crippen LogP contribution in [0.5, 0.6) is 5.75 Å². The summed E-state index contributed by atoms with van der Waals surface area (Å²) in [6.45, 7) is 2.89. The SMILES string of the molecule is Cc1ccc(C(=O)NC2CC2)cc1-n1cnc2ccc(OCC3CN(C(=O)O)CCO3)cc2c1=O. The number of carbonyl (C=O) groups excluding carboxylic acids is 1. The second-order valence-corrected chi connectivity index (χ2v) is 8.88. The van der Waals surface area contributed by atoms with E-state index >= 15 is 0 Å². The number of ether oxygens (including phenoxy) is 2. The number of nitrogens with one attached hydrogen (secondary N) is 1. The first-order valence-electron chi connectivity index (χ1n) is 11.5. The number of nitrogens with zero attached hydrogens (tertiary/aromatic N) is 3. The van der Waals surface area contributed by atoms with Gasteiger partial charge in [-0.05, 0) is 55.7 Å². The van der Waals surface area contributed by atoms with Crippen LogP contribution in [0.25, 0.3) is 16.6 Å². The van der Waals surface area contributed by atoms with Crippen LogP contribution in [0.2, 0.25) is 0 Å². The van der Waals surface area contributed by atoms with E-state index in [9.17, 15) is 19.5 Å². The van der Waals surface area contributed by atoms with Gasteiger partial charge in [0, 0.05) is 18.2 Å². The highest BCUT2D eigenvalue weighted by Crippen LogP contribution is 2.22. The summed E-state index contributed by atoms with van der Waals surface area (Å²) < 4.78 is 12.9. The molecule has 0 bridgehead atoms. The molecular formula is C25H26N4O6. The molecule has 1 unspecified atom stereocenters. The maximum Gasteiger partial charge on any atom is 0.407 e. The molecule has 0 radical (unpaired) electrons. The molecule has 2 aliphatic rings. The van der Waals surface area contributed by atoms with E-state index in [4.69, 9.17) is 9.47 Å². The molecule has 5 rings (SSSR count). The van der Waals surface area contributed by atoms with Crippen LogP contribution in [0.3, 0.4) is 0 Å². The van der Waals surface area contributed by atoms with Gasteiger partial charge >= 0.3 is 6.09 Å². The van der Waals surface area contributed by atoms with Crippen LogP contribution in [0, 0.1) is 6.92 Å². The second kappa shape index (κ2) is 9.38. The number of benzene rings is 2. The molecule has 3 aromatic rings. The Kier molecular flexibility index (Phi) is 6.12. The van der Waals surface area contributed by atoms with Gasteiger partial charge in [-0.3, -0.25) is 14.2 Å². The van der Waals surface area contributed by atoms with Gasteiger partial charge in [-0.1, -0.05) is 6.07 Å². The average Bonchev–Trinajstić information content (AvgIpc) is 3.68. The zero-order valence-electron chi connectivity index (χ0n) is 19.3. The van der Waals surface area contributed by atoms with Crippen molar-refractivity contribution in [1.82, 2.24) is 19.8 Å². The van der Waals surface area contributed by atoms with E-state index in [0.29, 0.717) is 41.1 Å². The van der Waals surface area contributed by atoms with Gasteiger partial charge in [-0.15, -0.1) is 0 Å². The maximum absolute atomic E-state index is 13.4. The standard InChI is InChI=1S/C25H26N4O6/c1-15-2-3-16(23(30)27-17-4-5-17)10-22(15)29-14-26-21-7-6-18(11-20(21)24(29)31)35-13-19-12-28(25(32)33)8-9-34-19/h2-3,6-7,10-11,14,17,19H,4-5,8-9,12-13H2,1H3,(H,27,30)(H,32,33). The molecule has 1 aliphatic carbocycles. The van der Waals surface area contributed by atoms with Crippen molar-refractivity contribution in [3.8, 4) is 11.4 Å². The Balaban J connectivity index is 1.39. The predicted molar refractivity (Wildman–Crippen MR) is 127 cm³/mol. The lowest BCUT2D eigenvalue weighted by molar-refractivity contribution is -0.0411. The molecule has 10 nitrogen and oxygen atoms in total. The van der Waals surface area contributed by atoms with Crippen molar-refractivity contribution >= 4 is 22.9 Å². The summed E-state index contributed by atoms with van der Waals surface area (Å²) in [5, 5.41) is 12.5. The smallest absolute Gasteiger partial charge is 0.407 e. The molecule has 2 fully saturated rings. The van der Waals surface area contributed by atoms with Crippen molar-refractivity contribution in [3.05, 3.63) is 64.2 Å². The number of carboxylic acid groups (broad SMARTS) is 1. The Labute approximate surface area is 201 Å². The van der Waals surface area contributed by atoms with Crippen molar-refractivity contribution in [2.24, 2.45) is 0 Å². The van der Waals surface area contributed by atoms with Crippen LogP contribution in [0.1, 0.15) is 28.8 Å². The van der Waals surface area contributed by atoms with Gasteiger partial charge < -0.3 is 24.8 Å². The number of hydrogen-bond donors (Lipinski definition) is 2. The highest BCUT2D eigenvalue weighted by molar-refractivity contribution is 5.95. The van der Waals surface area contributed by atoms with Crippen molar-refractivity contribution < 1.29 is 24.2 Å². The van der Waals surface area contributed by atoms with Crippen molar-refractivity contribution in [2.75, 3.05) is 26.3 Å². The molecule has 1 saturated carbocycles. The fourth-order valence-electron chi connectivity index (χ4n) is 4.05. The number of amides is 2. The van der Waals surface area contributed by atoms with E-state index in [0.717, 1.165) is 18.4 Å². The third-order valence-electron chi connectivity index (χ3n) is 6.22. The second-order valence-electron chi connectivity index (χ2n) is 8.88. The van der Waals surface area contributed by atoms with E-state index in [-0.39, 0.29) is 30.7 Å². The topological polar surface area (TPSA) is 123 Å². The minimum atomic E-state index is -0.986. The first kappa shape index (κ1) is 22.9. The summed E-state index contributed by atoms with van der Waals surface area (Å²) in [4.78, 5) is 42.8.